The molecular weight excluding hydrogens is 270 g/mol. The van der Waals surface area contributed by atoms with E-state index >= 15 is 0 Å². The maximum absolute atomic E-state index is 12.4. The van der Waals surface area contributed by atoms with Gasteiger partial charge < -0.3 is 20.1 Å². The number of likely N-dealkylation sites (N-methyl/N-ethyl adjacent to an activating group) is 1. The van der Waals surface area contributed by atoms with E-state index in [1.807, 2.05) is 0 Å². The van der Waals surface area contributed by atoms with Gasteiger partial charge in [0.25, 0.3) is 5.91 Å². The van der Waals surface area contributed by atoms with Crippen molar-refractivity contribution in [3.8, 4) is 11.5 Å². The Hall–Kier alpha value is -1.79. The van der Waals surface area contributed by atoms with E-state index in [0.717, 1.165) is 32.7 Å². The number of nitrogens with one attached hydrogen (secondary N) is 1. The zero-order valence-electron chi connectivity index (χ0n) is 12.6. The minimum atomic E-state index is -0.193. The second kappa shape index (κ2) is 7.28. The third-order valence-corrected chi connectivity index (χ3v) is 3.76. The van der Waals surface area contributed by atoms with Gasteiger partial charge in [-0.3, -0.25) is 9.69 Å². The fourth-order valence-corrected chi connectivity index (χ4v) is 2.39. The molecule has 1 fully saturated rings. The summed E-state index contributed by atoms with van der Waals surface area (Å²) in [6.07, 6.45) is 0. The summed E-state index contributed by atoms with van der Waals surface area (Å²) < 4.78 is 5.03. The van der Waals surface area contributed by atoms with Gasteiger partial charge >= 0.3 is 0 Å². The largest absolute Gasteiger partial charge is 0.504 e. The minimum Gasteiger partial charge on any atom is -0.504 e. The van der Waals surface area contributed by atoms with E-state index in [1.54, 1.807) is 30.1 Å². The van der Waals surface area contributed by atoms with Gasteiger partial charge in [0, 0.05) is 46.3 Å². The van der Waals surface area contributed by atoms with Gasteiger partial charge in [-0.1, -0.05) is 6.07 Å². The van der Waals surface area contributed by atoms with Crippen molar-refractivity contribution in [2.45, 2.75) is 0 Å². The molecule has 0 saturated carbocycles. The minimum absolute atomic E-state index is 0.0981. The molecule has 2 rings (SSSR count). The highest BCUT2D eigenvalue weighted by atomic mass is 16.5. The number of rotatable bonds is 5. The number of hydrogen-bond donors (Lipinski definition) is 2. The van der Waals surface area contributed by atoms with Crippen LogP contribution in [0.3, 0.4) is 0 Å². The lowest BCUT2D eigenvalue weighted by Gasteiger charge is -2.29. The highest BCUT2D eigenvalue weighted by Crippen LogP contribution is 2.29. The molecule has 1 aromatic carbocycles. The Labute approximate surface area is 125 Å². The summed E-state index contributed by atoms with van der Waals surface area (Å²) in [5, 5.41) is 13.3. The average Bonchev–Trinajstić information content (AvgIpc) is 2.53. The van der Waals surface area contributed by atoms with Crippen LogP contribution in [0.15, 0.2) is 18.2 Å². The molecule has 1 saturated heterocycles. The standard InChI is InChI=1S/C15H23N3O3/c1-17(10-11-18-8-6-16-7-9-18)15(20)12-4-3-5-13(21-2)14(12)19/h3-5,16,19H,6-11H2,1-2H3. The van der Waals surface area contributed by atoms with Gasteiger partial charge in [0.15, 0.2) is 11.5 Å². The van der Waals surface area contributed by atoms with Crippen LogP contribution in [0.4, 0.5) is 0 Å². The first-order valence-electron chi connectivity index (χ1n) is 7.18. The molecule has 0 radical (unpaired) electrons. The molecule has 1 aromatic rings. The number of para-hydroxylation sites is 1. The molecule has 6 heteroatoms. The van der Waals surface area contributed by atoms with Crippen LogP contribution in [0.5, 0.6) is 11.5 Å². The highest BCUT2D eigenvalue weighted by molar-refractivity contribution is 5.97. The number of carbonyl (C=O) groups is 1. The molecule has 1 aliphatic heterocycles. The third-order valence-electron chi connectivity index (χ3n) is 3.76. The molecule has 1 amide bonds. The molecule has 0 atom stereocenters. The number of nitrogens with zero attached hydrogens (tertiary/aromatic N) is 2. The first-order valence-corrected chi connectivity index (χ1v) is 7.18. The molecule has 1 heterocycles. The Morgan fingerprint density at radius 1 is 1.43 bits per heavy atom. The van der Waals surface area contributed by atoms with Crippen molar-refractivity contribution in [3.05, 3.63) is 23.8 Å². The summed E-state index contributed by atoms with van der Waals surface area (Å²) in [5.41, 5.74) is 0.275. The first kappa shape index (κ1) is 15.6. The number of carbonyl (C=O) groups excluding carboxylic acids is 1. The van der Waals surface area contributed by atoms with Gasteiger partial charge in [0.1, 0.15) is 0 Å². The number of piperazine rings is 1. The summed E-state index contributed by atoms with van der Waals surface area (Å²) >= 11 is 0. The van der Waals surface area contributed by atoms with Crippen molar-refractivity contribution in [1.82, 2.24) is 15.1 Å². The van der Waals surface area contributed by atoms with Gasteiger partial charge in [-0.15, -0.1) is 0 Å². The Kier molecular flexibility index (Phi) is 5.41. The summed E-state index contributed by atoms with van der Waals surface area (Å²) in [6.45, 7) is 5.48. The normalized spacial score (nSPS) is 15.7. The predicted molar refractivity (Wildman–Crippen MR) is 80.9 cm³/mol. The Morgan fingerprint density at radius 2 is 2.14 bits per heavy atom. The van der Waals surface area contributed by atoms with Gasteiger partial charge in [-0.25, -0.2) is 0 Å². The number of phenolic OH excluding ortho intramolecular Hbond substituents is 1. The van der Waals surface area contributed by atoms with E-state index in [0.29, 0.717) is 12.3 Å². The van der Waals surface area contributed by atoms with Crippen LogP contribution in [0.2, 0.25) is 0 Å². The van der Waals surface area contributed by atoms with E-state index in [2.05, 4.69) is 10.2 Å². The Morgan fingerprint density at radius 3 is 2.81 bits per heavy atom. The maximum Gasteiger partial charge on any atom is 0.257 e. The SMILES string of the molecule is COc1cccc(C(=O)N(C)CCN2CCNCC2)c1O. The van der Waals surface area contributed by atoms with E-state index in [4.69, 9.17) is 4.74 Å². The zero-order valence-corrected chi connectivity index (χ0v) is 12.6. The maximum atomic E-state index is 12.4. The summed E-state index contributed by atoms with van der Waals surface area (Å²) in [7, 11) is 3.22. The molecule has 6 nitrogen and oxygen atoms in total. The second-order valence-electron chi connectivity index (χ2n) is 5.17. The molecule has 0 aromatic heterocycles. The van der Waals surface area contributed by atoms with Crippen LogP contribution < -0.4 is 10.1 Å². The Balaban J connectivity index is 1.95. The fraction of sp³-hybridized carbons (Fsp3) is 0.533. The van der Waals surface area contributed by atoms with E-state index in [1.165, 1.54) is 7.11 Å². The molecule has 0 unspecified atom stereocenters. The highest BCUT2D eigenvalue weighted by Gasteiger charge is 2.19. The van der Waals surface area contributed by atoms with Crippen LogP contribution in [-0.2, 0) is 0 Å². The summed E-state index contributed by atoms with van der Waals surface area (Å²) in [4.78, 5) is 16.3. The van der Waals surface area contributed by atoms with Crippen LogP contribution in [0.1, 0.15) is 10.4 Å². The lowest BCUT2D eigenvalue weighted by Crippen LogP contribution is -2.46. The van der Waals surface area contributed by atoms with Crippen LogP contribution in [-0.4, -0.2) is 74.2 Å². The molecule has 2 N–H and O–H groups in total. The zero-order chi connectivity index (χ0) is 15.2. The van der Waals surface area contributed by atoms with Gasteiger partial charge in [0.2, 0.25) is 0 Å². The number of phenols is 1. The molecule has 1 aliphatic rings. The fourth-order valence-electron chi connectivity index (χ4n) is 2.39. The van der Waals surface area contributed by atoms with Gasteiger partial charge in [-0.05, 0) is 12.1 Å². The number of ether oxygens (including phenoxy) is 1. The Bertz CT molecular complexity index is 487. The molecular formula is C15H23N3O3. The van der Waals surface area contributed by atoms with Crippen molar-refractivity contribution in [2.75, 3.05) is 53.4 Å². The smallest absolute Gasteiger partial charge is 0.257 e. The number of methoxy groups -OCH3 is 1. The van der Waals surface area contributed by atoms with Crippen molar-refractivity contribution >= 4 is 5.91 Å². The topological polar surface area (TPSA) is 65.0 Å². The number of benzene rings is 1. The van der Waals surface area contributed by atoms with Gasteiger partial charge in [0.05, 0.1) is 12.7 Å². The van der Waals surface area contributed by atoms with E-state index in [9.17, 15) is 9.90 Å². The second-order valence-corrected chi connectivity index (χ2v) is 5.17. The van der Waals surface area contributed by atoms with Crippen molar-refractivity contribution in [3.63, 3.8) is 0 Å². The molecule has 0 aliphatic carbocycles. The lowest BCUT2D eigenvalue weighted by atomic mass is 10.1. The molecule has 0 spiro atoms. The van der Waals surface area contributed by atoms with Gasteiger partial charge in [-0.2, -0.15) is 0 Å². The van der Waals surface area contributed by atoms with Crippen LogP contribution in [0.25, 0.3) is 0 Å². The van der Waals surface area contributed by atoms with Crippen LogP contribution >= 0.6 is 0 Å². The van der Waals surface area contributed by atoms with Crippen molar-refractivity contribution in [2.24, 2.45) is 0 Å². The summed E-state index contributed by atoms with van der Waals surface area (Å²) in [5.74, 6) is 0.0249. The molecule has 0 bridgehead atoms. The number of aromatic hydroxyl groups is 1. The van der Waals surface area contributed by atoms with Crippen molar-refractivity contribution in [1.29, 1.82) is 0 Å². The molecule has 21 heavy (non-hydrogen) atoms. The predicted octanol–water partition coefficient (Wildman–Crippen LogP) is 0.378. The number of hydrogen-bond acceptors (Lipinski definition) is 5. The van der Waals surface area contributed by atoms with E-state index in [-0.39, 0.29) is 17.2 Å². The monoisotopic (exact) mass is 293 g/mol. The quantitative estimate of drug-likeness (QED) is 0.821. The average molecular weight is 293 g/mol. The van der Waals surface area contributed by atoms with E-state index < -0.39 is 0 Å². The molecule has 116 valence electrons. The van der Waals surface area contributed by atoms with Crippen molar-refractivity contribution < 1.29 is 14.6 Å². The van der Waals surface area contributed by atoms with Crippen LogP contribution in [0, 0.1) is 0 Å². The number of amides is 1. The first-order chi connectivity index (χ1) is 10.1. The summed E-state index contributed by atoms with van der Waals surface area (Å²) in [6, 6.07) is 4.95. The lowest BCUT2D eigenvalue weighted by molar-refractivity contribution is 0.0771. The third kappa shape index (κ3) is 3.86.